The second kappa shape index (κ2) is 8.34. The summed E-state index contributed by atoms with van der Waals surface area (Å²) in [6.45, 7) is 4.58. The minimum absolute atomic E-state index is 0. The number of fused-ring (bicyclic) bond motifs is 2. The number of halogens is 2. The van der Waals surface area contributed by atoms with Crippen LogP contribution in [0.2, 0.25) is 0 Å². The van der Waals surface area contributed by atoms with E-state index in [1.807, 2.05) is 0 Å². The van der Waals surface area contributed by atoms with Crippen LogP contribution in [-0.4, -0.2) is 33.4 Å². The van der Waals surface area contributed by atoms with Crippen molar-refractivity contribution in [2.24, 2.45) is 0 Å². The average molecular weight is 374 g/mol. The molecule has 0 fully saturated rings. The van der Waals surface area contributed by atoms with Gasteiger partial charge in [0.1, 0.15) is 11.5 Å². The zero-order valence-corrected chi connectivity index (χ0v) is 15.6. The van der Waals surface area contributed by atoms with E-state index in [1.54, 1.807) is 0 Å². The number of aryl methyl sites for hydroxylation is 1. The highest BCUT2D eigenvalue weighted by atomic mass is 35.5. The highest BCUT2D eigenvalue weighted by Gasteiger charge is 2.20. The molecule has 4 rings (SSSR count). The van der Waals surface area contributed by atoms with Gasteiger partial charge >= 0.3 is 0 Å². The maximum Gasteiger partial charge on any atom is 0.140 e. The zero-order valence-electron chi connectivity index (χ0n) is 14.0. The number of nitrogens with zero attached hydrogens (tertiary/aromatic N) is 4. The molecule has 1 N–H and O–H groups in total. The van der Waals surface area contributed by atoms with Gasteiger partial charge in [0.2, 0.25) is 0 Å². The Labute approximate surface area is 154 Å². The summed E-state index contributed by atoms with van der Waals surface area (Å²) in [7, 11) is 2.13. The summed E-state index contributed by atoms with van der Waals surface area (Å²) in [6.07, 6.45) is 4.65. The summed E-state index contributed by atoms with van der Waals surface area (Å²) >= 11 is 0. The molecule has 0 bridgehead atoms. The average Bonchev–Trinajstić information content (AvgIpc) is 3.11. The number of hydrogen-bond acceptors (Lipinski definition) is 5. The van der Waals surface area contributed by atoms with E-state index in [1.165, 1.54) is 24.1 Å². The molecule has 0 radical (unpaired) electrons. The van der Waals surface area contributed by atoms with Crippen LogP contribution in [0.4, 0.5) is 0 Å². The Balaban J connectivity index is 0.00000104. The van der Waals surface area contributed by atoms with E-state index >= 15 is 0 Å². The van der Waals surface area contributed by atoms with Crippen LogP contribution in [0.15, 0.2) is 10.6 Å². The molecule has 1 aliphatic carbocycles. The van der Waals surface area contributed by atoms with Crippen molar-refractivity contribution < 1.29 is 4.52 Å². The Kier molecular flexibility index (Phi) is 6.69. The van der Waals surface area contributed by atoms with Gasteiger partial charge in [-0.15, -0.1) is 24.8 Å². The van der Waals surface area contributed by atoms with Gasteiger partial charge in [-0.25, -0.2) is 0 Å². The lowest BCUT2D eigenvalue weighted by molar-refractivity contribution is 0.296. The van der Waals surface area contributed by atoms with Gasteiger partial charge in [-0.1, -0.05) is 5.16 Å². The molecule has 3 heterocycles. The second-order valence-electron chi connectivity index (χ2n) is 6.44. The summed E-state index contributed by atoms with van der Waals surface area (Å²) in [5.41, 5.74) is 4.89. The zero-order chi connectivity index (χ0) is 14.9. The molecule has 2 aliphatic rings. The molecule has 24 heavy (non-hydrogen) atoms. The smallest absolute Gasteiger partial charge is 0.140 e. The van der Waals surface area contributed by atoms with Crippen molar-refractivity contribution in [1.29, 1.82) is 0 Å². The number of nitrogens with one attached hydrogen (secondary N) is 1. The highest BCUT2D eigenvalue weighted by Crippen LogP contribution is 2.25. The van der Waals surface area contributed by atoms with Crippen molar-refractivity contribution in [3.05, 3.63) is 34.5 Å². The normalized spacial score (nSPS) is 16.1. The molecule has 0 unspecified atom stereocenters. The predicted octanol–water partition coefficient (Wildman–Crippen LogP) is 2.33. The topological polar surface area (TPSA) is 59.1 Å². The van der Waals surface area contributed by atoms with Crippen molar-refractivity contribution in [1.82, 2.24) is 25.2 Å². The second-order valence-corrected chi connectivity index (χ2v) is 6.44. The molecule has 6 nitrogen and oxygen atoms in total. The maximum absolute atomic E-state index is 5.50. The molecule has 134 valence electrons. The van der Waals surface area contributed by atoms with Gasteiger partial charge in [-0.05, 0) is 32.4 Å². The largest absolute Gasteiger partial charge is 0.361 e. The van der Waals surface area contributed by atoms with Gasteiger partial charge < -0.3 is 9.84 Å². The first kappa shape index (κ1) is 19.2. The predicted molar refractivity (Wildman–Crippen MR) is 96.7 cm³/mol. The van der Waals surface area contributed by atoms with E-state index in [-0.39, 0.29) is 24.8 Å². The maximum atomic E-state index is 5.50. The first-order chi connectivity index (χ1) is 10.8. The Morgan fingerprint density at radius 2 is 2.08 bits per heavy atom. The molecule has 0 amide bonds. The third-order valence-electron chi connectivity index (χ3n) is 4.60. The summed E-state index contributed by atoms with van der Waals surface area (Å²) in [6, 6.07) is 2.21. The molecule has 0 atom stereocenters. The van der Waals surface area contributed by atoms with Gasteiger partial charge in [0, 0.05) is 38.2 Å². The Bertz CT molecular complexity index is 646. The number of hydrogen-bond donors (Lipinski definition) is 1. The van der Waals surface area contributed by atoms with Gasteiger partial charge in [-0.2, -0.15) is 5.10 Å². The fraction of sp³-hybridized carbons (Fsp3) is 0.625. The molecule has 2 aromatic rings. The summed E-state index contributed by atoms with van der Waals surface area (Å²) in [5, 5.41) is 12.4. The Morgan fingerprint density at radius 1 is 1.25 bits per heavy atom. The summed E-state index contributed by atoms with van der Waals surface area (Å²) in [4.78, 5) is 2.27. The molecular formula is C16H25Cl2N5O. The van der Waals surface area contributed by atoms with E-state index in [0.29, 0.717) is 0 Å². The standard InChI is InChI=1S/C16H23N5O.2ClH/c1-20(10-12-8-13-9-17-6-7-21(13)18-12)11-15-14-4-2-3-5-16(14)22-19-15;;/h8,17H,2-7,9-11H2,1H3;2*1H. The molecular weight excluding hydrogens is 349 g/mol. The molecule has 2 aromatic heterocycles. The van der Waals surface area contributed by atoms with Crippen molar-refractivity contribution in [3.63, 3.8) is 0 Å². The summed E-state index contributed by atoms with van der Waals surface area (Å²) in [5.74, 6) is 1.11. The van der Waals surface area contributed by atoms with E-state index in [4.69, 9.17) is 9.62 Å². The number of rotatable bonds is 4. The molecule has 0 saturated heterocycles. The third-order valence-corrected chi connectivity index (χ3v) is 4.60. The van der Waals surface area contributed by atoms with E-state index in [2.05, 4.69) is 33.2 Å². The van der Waals surface area contributed by atoms with Crippen LogP contribution in [0.3, 0.4) is 0 Å². The lowest BCUT2D eigenvalue weighted by atomic mass is 9.96. The molecule has 1 aliphatic heterocycles. The van der Waals surface area contributed by atoms with Crippen LogP contribution in [0.25, 0.3) is 0 Å². The third kappa shape index (κ3) is 3.94. The molecule has 8 heteroatoms. The van der Waals surface area contributed by atoms with Crippen LogP contribution < -0.4 is 5.32 Å². The van der Waals surface area contributed by atoms with Crippen LogP contribution in [-0.2, 0) is 39.0 Å². The minimum Gasteiger partial charge on any atom is -0.361 e. The van der Waals surface area contributed by atoms with Crippen molar-refractivity contribution in [3.8, 4) is 0 Å². The van der Waals surface area contributed by atoms with Crippen LogP contribution >= 0.6 is 24.8 Å². The monoisotopic (exact) mass is 373 g/mol. The van der Waals surface area contributed by atoms with E-state index in [0.717, 1.165) is 62.7 Å². The lowest BCUT2D eigenvalue weighted by Gasteiger charge is -2.15. The van der Waals surface area contributed by atoms with Gasteiger partial charge in [0.15, 0.2) is 0 Å². The minimum atomic E-state index is 0. The molecule has 0 saturated carbocycles. The Morgan fingerprint density at radius 3 is 2.92 bits per heavy atom. The van der Waals surface area contributed by atoms with Crippen LogP contribution in [0.5, 0.6) is 0 Å². The van der Waals surface area contributed by atoms with Gasteiger partial charge in [0.05, 0.1) is 17.9 Å². The van der Waals surface area contributed by atoms with Crippen molar-refractivity contribution in [2.45, 2.75) is 51.9 Å². The van der Waals surface area contributed by atoms with Crippen LogP contribution in [0, 0.1) is 0 Å². The van der Waals surface area contributed by atoms with Gasteiger partial charge in [0.25, 0.3) is 0 Å². The van der Waals surface area contributed by atoms with Crippen molar-refractivity contribution >= 4 is 24.8 Å². The summed E-state index contributed by atoms with van der Waals surface area (Å²) < 4.78 is 7.62. The van der Waals surface area contributed by atoms with E-state index in [9.17, 15) is 0 Å². The Hall–Kier alpha value is -1.08. The lowest BCUT2D eigenvalue weighted by Crippen LogP contribution is -2.28. The quantitative estimate of drug-likeness (QED) is 0.890. The SMILES string of the molecule is CN(Cc1cc2n(n1)CCNC2)Cc1noc2c1CCCC2.Cl.Cl. The first-order valence-corrected chi connectivity index (χ1v) is 8.21. The highest BCUT2D eigenvalue weighted by molar-refractivity contribution is 5.85. The van der Waals surface area contributed by atoms with E-state index < -0.39 is 0 Å². The fourth-order valence-electron chi connectivity index (χ4n) is 3.49. The molecule has 0 spiro atoms. The fourth-order valence-corrected chi connectivity index (χ4v) is 3.49. The molecule has 0 aromatic carbocycles. The van der Waals surface area contributed by atoms with Crippen LogP contribution in [0.1, 0.15) is 41.2 Å². The van der Waals surface area contributed by atoms with Gasteiger partial charge in [-0.3, -0.25) is 9.58 Å². The first-order valence-electron chi connectivity index (χ1n) is 8.21. The van der Waals surface area contributed by atoms with Crippen molar-refractivity contribution in [2.75, 3.05) is 13.6 Å². The number of aromatic nitrogens is 3.